The molecule has 0 fully saturated rings. The Labute approximate surface area is 127 Å². The Hall–Kier alpha value is -1.39. The van der Waals surface area contributed by atoms with Crippen LogP contribution >= 0.6 is 15.9 Å². The standard InChI is InChI=1S/C16H17BrN2O/c1-2-18-15(16-13(17)4-3-8-19-16)12-5-6-14-11(10-12)7-9-20-14/h3-6,8,10,15,18H,2,7,9H2,1H3. The van der Waals surface area contributed by atoms with E-state index in [0.717, 1.165) is 35.5 Å². The maximum atomic E-state index is 5.58. The van der Waals surface area contributed by atoms with Gasteiger partial charge in [0.25, 0.3) is 0 Å². The second-order valence-corrected chi connectivity index (χ2v) is 5.68. The third kappa shape index (κ3) is 2.58. The number of benzene rings is 1. The van der Waals surface area contributed by atoms with E-state index in [1.807, 2.05) is 18.3 Å². The summed E-state index contributed by atoms with van der Waals surface area (Å²) in [6.07, 6.45) is 2.83. The van der Waals surface area contributed by atoms with E-state index in [9.17, 15) is 0 Å². The number of nitrogens with one attached hydrogen (secondary N) is 1. The van der Waals surface area contributed by atoms with Crippen LogP contribution in [0.1, 0.15) is 29.8 Å². The number of pyridine rings is 1. The summed E-state index contributed by atoms with van der Waals surface area (Å²) < 4.78 is 6.61. The smallest absolute Gasteiger partial charge is 0.122 e. The minimum absolute atomic E-state index is 0.0986. The van der Waals surface area contributed by atoms with Crippen LogP contribution in [0.4, 0.5) is 0 Å². The SMILES string of the molecule is CCNC(c1ccc2c(c1)CCO2)c1ncccc1Br. The van der Waals surface area contributed by atoms with Crippen molar-refractivity contribution in [1.29, 1.82) is 0 Å². The minimum Gasteiger partial charge on any atom is -0.493 e. The van der Waals surface area contributed by atoms with Crippen LogP contribution in [0.2, 0.25) is 0 Å². The number of aromatic nitrogens is 1. The summed E-state index contributed by atoms with van der Waals surface area (Å²) in [5.74, 6) is 1.02. The van der Waals surface area contributed by atoms with Crippen molar-refractivity contribution in [3.8, 4) is 5.75 Å². The lowest BCUT2D eigenvalue weighted by molar-refractivity contribution is 0.357. The lowest BCUT2D eigenvalue weighted by atomic mass is 9.99. The zero-order chi connectivity index (χ0) is 13.9. The molecule has 0 bridgehead atoms. The minimum atomic E-state index is 0.0986. The van der Waals surface area contributed by atoms with Crippen molar-refractivity contribution in [2.75, 3.05) is 13.2 Å². The van der Waals surface area contributed by atoms with E-state index >= 15 is 0 Å². The first-order valence-corrected chi connectivity index (χ1v) is 7.68. The van der Waals surface area contributed by atoms with Gasteiger partial charge in [-0.05, 0) is 51.8 Å². The zero-order valence-corrected chi connectivity index (χ0v) is 13.0. The number of rotatable bonds is 4. The molecule has 20 heavy (non-hydrogen) atoms. The van der Waals surface area contributed by atoms with Crippen molar-refractivity contribution in [2.24, 2.45) is 0 Å². The molecule has 2 aromatic rings. The normalized spacial score (nSPS) is 14.7. The lowest BCUT2D eigenvalue weighted by Crippen LogP contribution is -2.23. The van der Waals surface area contributed by atoms with Gasteiger partial charge >= 0.3 is 0 Å². The highest BCUT2D eigenvalue weighted by atomic mass is 79.9. The van der Waals surface area contributed by atoms with Crippen molar-refractivity contribution >= 4 is 15.9 Å². The van der Waals surface area contributed by atoms with Gasteiger partial charge in [-0.25, -0.2) is 0 Å². The fraction of sp³-hybridized carbons (Fsp3) is 0.312. The molecule has 0 spiro atoms. The van der Waals surface area contributed by atoms with E-state index in [4.69, 9.17) is 4.74 Å². The average molecular weight is 333 g/mol. The predicted molar refractivity (Wildman–Crippen MR) is 83.1 cm³/mol. The van der Waals surface area contributed by atoms with Gasteiger partial charge in [-0.1, -0.05) is 19.1 Å². The Balaban J connectivity index is 2.01. The van der Waals surface area contributed by atoms with E-state index in [1.165, 1.54) is 11.1 Å². The number of ether oxygens (including phenoxy) is 1. The molecular formula is C16H17BrN2O. The van der Waals surface area contributed by atoms with E-state index < -0.39 is 0 Å². The maximum absolute atomic E-state index is 5.58. The molecule has 1 N–H and O–H groups in total. The topological polar surface area (TPSA) is 34.1 Å². The number of fused-ring (bicyclic) bond motifs is 1. The lowest BCUT2D eigenvalue weighted by Gasteiger charge is -2.19. The highest BCUT2D eigenvalue weighted by molar-refractivity contribution is 9.10. The molecule has 2 heterocycles. The fourth-order valence-corrected chi connectivity index (χ4v) is 3.06. The summed E-state index contributed by atoms with van der Waals surface area (Å²) in [4.78, 5) is 4.53. The number of nitrogens with zero attached hydrogens (tertiary/aromatic N) is 1. The molecule has 1 aromatic heterocycles. The summed E-state index contributed by atoms with van der Waals surface area (Å²) in [6.45, 7) is 3.79. The van der Waals surface area contributed by atoms with E-state index in [1.54, 1.807) is 0 Å². The predicted octanol–water partition coefficient (Wildman–Crippen LogP) is 3.48. The molecule has 4 heteroatoms. The molecule has 1 unspecified atom stereocenters. The fourth-order valence-electron chi connectivity index (χ4n) is 2.57. The molecule has 0 amide bonds. The quantitative estimate of drug-likeness (QED) is 0.930. The van der Waals surface area contributed by atoms with E-state index in [2.05, 4.69) is 51.4 Å². The third-order valence-corrected chi connectivity index (χ3v) is 4.19. The molecule has 3 nitrogen and oxygen atoms in total. The molecule has 1 aliphatic heterocycles. The van der Waals surface area contributed by atoms with Gasteiger partial charge in [0.2, 0.25) is 0 Å². The molecule has 1 aromatic carbocycles. The van der Waals surface area contributed by atoms with Crippen molar-refractivity contribution in [2.45, 2.75) is 19.4 Å². The summed E-state index contributed by atoms with van der Waals surface area (Å²) in [6, 6.07) is 10.5. The highest BCUT2D eigenvalue weighted by Gasteiger charge is 2.20. The van der Waals surface area contributed by atoms with Crippen LogP contribution in [0.5, 0.6) is 5.75 Å². The second-order valence-electron chi connectivity index (χ2n) is 4.83. The van der Waals surface area contributed by atoms with E-state index in [-0.39, 0.29) is 6.04 Å². The van der Waals surface area contributed by atoms with Crippen LogP contribution in [0.3, 0.4) is 0 Å². The van der Waals surface area contributed by atoms with Crippen LogP contribution in [-0.2, 0) is 6.42 Å². The largest absolute Gasteiger partial charge is 0.493 e. The van der Waals surface area contributed by atoms with Gasteiger partial charge in [0.15, 0.2) is 0 Å². The van der Waals surface area contributed by atoms with Crippen molar-refractivity contribution in [3.63, 3.8) is 0 Å². The van der Waals surface area contributed by atoms with Gasteiger partial charge in [-0.15, -0.1) is 0 Å². The van der Waals surface area contributed by atoms with Gasteiger partial charge in [0, 0.05) is 17.1 Å². The zero-order valence-electron chi connectivity index (χ0n) is 11.4. The van der Waals surface area contributed by atoms with Crippen molar-refractivity contribution in [1.82, 2.24) is 10.3 Å². The van der Waals surface area contributed by atoms with Crippen LogP contribution in [0.25, 0.3) is 0 Å². The van der Waals surface area contributed by atoms with Crippen molar-refractivity contribution in [3.05, 3.63) is 57.8 Å². The third-order valence-electron chi connectivity index (χ3n) is 3.52. The molecule has 0 aliphatic carbocycles. The Morgan fingerprint density at radius 2 is 2.30 bits per heavy atom. The number of hydrogen-bond donors (Lipinski definition) is 1. The molecule has 0 saturated heterocycles. The van der Waals surface area contributed by atoms with Crippen LogP contribution < -0.4 is 10.1 Å². The van der Waals surface area contributed by atoms with Gasteiger partial charge in [0.1, 0.15) is 5.75 Å². The van der Waals surface area contributed by atoms with E-state index in [0.29, 0.717) is 0 Å². The van der Waals surface area contributed by atoms with Crippen molar-refractivity contribution < 1.29 is 4.74 Å². The summed E-state index contributed by atoms with van der Waals surface area (Å²) in [7, 11) is 0. The Bertz CT molecular complexity index is 615. The molecule has 1 aliphatic rings. The second kappa shape index (κ2) is 5.94. The molecule has 3 rings (SSSR count). The average Bonchev–Trinajstić information content (AvgIpc) is 2.93. The Kier molecular flexibility index (Phi) is 4.03. The van der Waals surface area contributed by atoms with Gasteiger partial charge in [0.05, 0.1) is 18.3 Å². The molecular weight excluding hydrogens is 316 g/mol. The number of hydrogen-bond acceptors (Lipinski definition) is 3. The summed E-state index contributed by atoms with van der Waals surface area (Å²) in [5.41, 5.74) is 3.54. The molecule has 1 atom stereocenters. The first kappa shape index (κ1) is 13.6. The first-order valence-electron chi connectivity index (χ1n) is 6.89. The van der Waals surface area contributed by atoms with Gasteiger partial charge in [-0.2, -0.15) is 0 Å². The van der Waals surface area contributed by atoms with Gasteiger partial charge < -0.3 is 10.1 Å². The number of halogens is 1. The van der Waals surface area contributed by atoms with Crippen LogP contribution in [0.15, 0.2) is 41.0 Å². The molecule has 0 saturated carbocycles. The molecule has 104 valence electrons. The van der Waals surface area contributed by atoms with Crippen LogP contribution in [-0.4, -0.2) is 18.1 Å². The summed E-state index contributed by atoms with van der Waals surface area (Å²) >= 11 is 3.60. The monoisotopic (exact) mass is 332 g/mol. The Morgan fingerprint density at radius 3 is 3.10 bits per heavy atom. The Morgan fingerprint density at radius 1 is 1.40 bits per heavy atom. The maximum Gasteiger partial charge on any atom is 0.122 e. The highest BCUT2D eigenvalue weighted by Crippen LogP contribution is 2.32. The van der Waals surface area contributed by atoms with Crippen LogP contribution in [0, 0.1) is 0 Å². The van der Waals surface area contributed by atoms with Gasteiger partial charge in [-0.3, -0.25) is 4.98 Å². The molecule has 0 radical (unpaired) electrons. The first-order chi connectivity index (χ1) is 9.79. The summed E-state index contributed by atoms with van der Waals surface area (Å²) in [5, 5.41) is 3.51.